The lowest BCUT2D eigenvalue weighted by Gasteiger charge is -2.32. The summed E-state index contributed by atoms with van der Waals surface area (Å²) in [4.78, 5) is 2.10. The van der Waals surface area contributed by atoms with Gasteiger partial charge in [0.25, 0.3) is 0 Å². The first-order valence-corrected chi connectivity index (χ1v) is 6.64. The fourth-order valence-electron chi connectivity index (χ4n) is 1.64. The quantitative estimate of drug-likeness (QED) is 0.433. The maximum atomic E-state index is 7.50. The fourth-order valence-corrected chi connectivity index (χ4v) is 1.64. The van der Waals surface area contributed by atoms with Crippen molar-refractivity contribution in [3.05, 3.63) is 11.7 Å². The minimum Gasteiger partial charge on any atom is -0.399 e. The molecule has 2 N–H and O–H groups in total. The summed E-state index contributed by atoms with van der Waals surface area (Å²) in [7, 11) is 3.57. The molecule has 1 rings (SSSR count). The molecule has 5 nitrogen and oxygen atoms in total. The van der Waals surface area contributed by atoms with E-state index < -0.39 is 7.12 Å². The van der Waals surface area contributed by atoms with E-state index in [0.717, 1.165) is 13.1 Å². The number of likely N-dealkylation sites (N-methyl/N-ethyl adjacent to an activating group) is 1. The largest absolute Gasteiger partial charge is 0.497 e. The molecule has 0 atom stereocenters. The molecule has 1 aliphatic heterocycles. The van der Waals surface area contributed by atoms with Gasteiger partial charge in [-0.1, -0.05) is 0 Å². The average Bonchev–Trinajstić information content (AvgIpc) is 2.47. The van der Waals surface area contributed by atoms with Crippen molar-refractivity contribution in [2.24, 2.45) is 0 Å². The molecule has 0 saturated carbocycles. The normalized spacial score (nSPS) is 21.8. The molecule has 1 heterocycles. The van der Waals surface area contributed by atoms with E-state index in [1.54, 1.807) is 6.20 Å². The maximum Gasteiger partial charge on any atom is 0.497 e. The molecule has 6 heteroatoms. The van der Waals surface area contributed by atoms with Crippen LogP contribution in [0.3, 0.4) is 0 Å². The Hall–Kier alpha value is -0.845. The lowest BCUT2D eigenvalue weighted by atomic mass is 9.79. The summed E-state index contributed by atoms with van der Waals surface area (Å²) in [6.07, 6.45) is 3.09. The van der Waals surface area contributed by atoms with E-state index in [4.69, 9.17) is 14.7 Å². The summed E-state index contributed by atoms with van der Waals surface area (Å²) in [5.41, 5.74) is -0.0373. The van der Waals surface area contributed by atoms with Gasteiger partial charge >= 0.3 is 7.12 Å². The van der Waals surface area contributed by atoms with Crippen molar-refractivity contribution >= 4 is 13.3 Å². The highest BCUT2D eigenvalue weighted by Crippen LogP contribution is 2.38. The Kier molecular flexibility index (Phi) is 5.18. The van der Waals surface area contributed by atoms with E-state index in [9.17, 15) is 0 Å². The van der Waals surface area contributed by atoms with Crippen molar-refractivity contribution in [2.75, 3.05) is 27.2 Å². The van der Waals surface area contributed by atoms with Crippen LogP contribution in [0.4, 0.5) is 0 Å². The lowest BCUT2D eigenvalue weighted by molar-refractivity contribution is 0.00578. The molecule has 0 amide bonds. The zero-order valence-electron chi connectivity index (χ0n) is 12.9. The van der Waals surface area contributed by atoms with Gasteiger partial charge in [-0.2, -0.15) is 0 Å². The second-order valence-electron chi connectivity index (χ2n) is 6.13. The molecule has 1 fully saturated rings. The number of hydrogen-bond acceptors (Lipinski definition) is 5. The second kappa shape index (κ2) is 6.07. The minimum atomic E-state index is -0.477. The summed E-state index contributed by atoms with van der Waals surface area (Å²) >= 11 is 0. The van der Waals surface area contributed by atoms with Crippen molar-refractivity contribution in [2.45, 2.75) is 38.9 Å². The van der Waals surface area contributed by atoms with Gasteiger partial charge in [0.15, 0.2) is 0 Å². The molecule has 1 aliphatic rings. The molecule has 0 unspecified atom stereocenters. The molecule has 108 valence electrons. The monoisotopic (exact) mass is 267 g/mol. The molecule has 0 radical (unpaired) electrons. The third-order valence-electron chi connectivity index (χ3n) is 3.66. The number of rotatable bonds is 6. The van der Waals surface area contributed by atoms with E-state index in [2.05, 4.69) is 10.2 Å². The Balaban J connectivity index is 2.62. The molecule has 0 aromatic rings. The fraction of sp³-hybridized carbons (Fsp3) is 0.769. The first-order chi connectivity index (χ1) is 8.69. The molecular formula is C13H26BN3O2. The van der Waals surface area contributed by atoms with Crippen LogP contribution >= 0.6 is 0 Å². The van der Waals surface area contributed by atoms with Crippen LogP contribution < -0.4 is 5.32 Å². The smallest absolute Gasteiger partial charge is 0.399 e. The SMILES string of the molecule is CN(C)CCN/C=C(\C=N)B1OC(C)(C)C(C)(C)O1. The van der Waals surface area contributed by atoms with Crippen LogP contribution in [-0.4, -0.2) is 56.6 Å². The predicted molar refractivity (Wildman–Crippen MR) is 79.5 cm³/mol. The third kappa shape index (κ3) is 4.06. The van der Waals surface area contributed by atoms with Crippen molar-refractivity contribution < 1.29 is 9.31 Å². The Morgan fingerprint density at radius 3 is 2.16 bits per heavy atom. The van der Waals surface area contributed by atoms with E-state index in [0.29, 0.717) is 5.47 Å². The highest BCUT2D eigenvalue weighted by molar-refractivity contribution is 6.60. The number of allylic oxidation sites excluding steroid dienone is 1. The van der Waals surface area contributed by atoms with Crippen LogP contribution in [0, 0.1) is 5.41 Å². The van der Waals surface area contributed by atoms with Gasteiger partial charge in [0.2, 0.25) is 0 Å². The van der Waals surface area contributed by atoms with Gasteiger partial charge in [-0.25, -0.2) is 0 Å². The Labute approximate surface area is 117 Å². The Bertz CT molecular complexity index is 338. The summed E-state index contributed by atoms with van der Waals surface area (Å²) in [6, 6.07) is 0. The molecule has 0 aliphatic carbocycles. The van der Waals surface area contributed by atoms with Crippen molar-refractivity contribution in [3.63, 3.8) is 0 Å². The molecular weight excluding hydrogens is 241 g/mol. The maximum absolute atomic E-state index is 7.50. The van der Waals surface area contributed by atoms with Gasteiger partial charge in [0.1, 0.15) is 0 Å². The van der Waals surface area contributed by atoms with Crippen LogP contribution in [0.5, 0.6) is 0 Å². The molecule has 1 saturated heterocycles. The van der Waals surface area contributed by atoms with Crippen LogP contribution in [0.15, 0.2) is 11.7 Å². The zero-order valence-corrected chi connectivity index (χ0v) is 12.9. The average molecular weight is 267 g/mol. The summed E-state index contributed by atoms with van der Waals surface area (Å²) < 4.78 is 11.8. The standard InChI is InChI=1S/C13H26BN3O2/c1-12(2)13(3,4)19-14(18-12)11(9-15)10-16-7-8-17(5)6/h9-10,15-16H,7-8H2,1-6H3/b11-10+,15-9?. The first kappa shape index (κ1) is 16.2. The van der Waals surface area contributed by atoms with Crippen molar-refractivity contribution in [1.82, 2.24) is 10.2 Å². The molecule has 0 spiro atoms. The van der Waals surface area contributed by atoms with Gasteiger partial charge in [-0.15, -0.1) is 0 Å². The minimum absolute atomic E-state index is 0.372. The predicted octanol–water partition coefficient (Wildman–Crippen LogP) is 1.30. The van der Waals surface area contributed by atoms with E-state index in [1.165, 1.54) is 6.21 Å². The van der Waals surface area contributed by atoms with Gasteiger partial charge in [0, 0.05) is 24.8 Å². The second-order valence-corrected chi connectivity index (χ2v) is 6.13. The van der Waals surface area contributed by atoms with Gasteiger partial charge in [-0.3, -0.25) is 0 Å². The summed E-state index contributed by atoms with van der Waals surface area (Å²) in [5.74, 6) is 0. The van der Waals surface area contributed by atoms with Crippen LogP contribution in [0.2, 0.25) is 0 Å². The Morgan fingerprint density at radius 1 is 1.21 bits per heavy atom. The molecule has 0 aromatic carbocycles. The summed E-state index contributed by atoms with van der Waals surface area (Å²) in [5, 5.41) is 10.7. The van der Waals surface area contributed by atoms with E-state index >= 15 is 0 Å². The van der Waals surface area contributed by atoms with Crippen molar-refractivity contribution in [1.29, 1.82) is 5.41 Å². The molecule has 19 heavy (non-hydrogen) atoms. The molecule has 0 bridgehead atoms. The van der Waals surface area contributed by atoms with Crippen LogP contribution in [0.1, 0.15) is 27.7 Å². The number of nitrogens with zero attached hydrogens (tertiary/aromatic N) is 1. The number of hydrogen-bond donors (Lipinski definition) is 2. The Morgan fingerprint density at radius 2 is 1.74 bits per heavy atom. The number of nitrogens with one attached hydrogen (secondary N) is 2. The highest BCUT2D eigenvalue weighted by atomic mass is 16.7. The topological polar surface area (TPSA) is 57.6 Å². The summed E-state index contributed by atoms with van der Waals surface area (Å²) in [6.45, 7) is 9.79. The first-order valence-electron chi connectivity index (χ1n) is 6.64. The van der Waals surface area contributed by atoms with E-state index in [1.807, 2.05) is 41.8 Å². The van der Waals surface area contributed by atoms with Gasteiger partial charge in [0.05, 0.1) is 11.2 Å². The van der Waals surface area contributed by atoms with Crippen molar-refractivity contribution in [3.8, 4) is 0 Å². The zero-order chi connectivity index (χ0) is 14.7. The van der Waals surface area contributed by atoms with Crippen LogP contribution in [0.25, 0.3) is 0 Å². The highest BCUT2D eigenvalue weighted by Gasteiger charge is 2.52. The van der Waals surface area contributed by atoms with Crippen LogP contribution in [-0.2, 0) is 9.31 Å². The van der Waals surface area contributed by atoms with E-state index in [-0.39, 0.29) is 11.2 Å². The van der Waals surface area contributed by atoms with Gasteiger partial charge < -0.3 is 24.9 Å². The molecule has 0 aromatic heterocycles. The van der Waals surface area contributed by atoms with Gasteiger partial charge in [-0.05, 0) is 48.0 Å². The lowest BCUT2D eigenvalue weighted by Crippen LogP contribution is -2.41. The third-order valence-corrected chi connectivity index (χ3v) is 3.66.